The lowest BCUT2D eigenvalue weighted by Gasteiger charge is -2.10. The van der Waals surface area contributed by atoms with Crippen LogP contribution < -0.4 is 4.74 Å². The van der Waals surface area contributed by atoms with Crippen LogP contribution in [0.3, 0.4) is 0 Å². The lowest BCUT2D eigenvalue weighted by molar-refractivity contribution is -0.274. The van der Waals surface area contributed by atoms with Crippen LogP contribution in [0.2, 0.25) is 0 Å². The highest BCUT2D eigenvalue weighted by atomic mass is 19.4. The van der Waals surface area contributed by atoms with Crippen molar-refractivity contribution in [2.75, 3.05) is 0 Å². The summed E-state index contributed by atoms with van der Waals surface area (Å²) in [6, 6.07) is 8.31. The predicted octanol–water partition coefficient (Wildman–Crippen LogP) is 3.27. The highest BCUT2D eigenvalue weighted by Gasteiger charge is 2.31. The van der Waals surface area contributed by atoms with E-state index in [0.29, 0.717) is 16.8 Å². The second-order valence-corrected chi connectivity index (χ2v) is 4.15. The molecular weight excluding hydrogens is 287 g/mol. The maximum absolute atomic E-state index is 12.1. The van der Waals surface area contributed by atoms with Gasteiger partial charge >= 0.3 is 12.3 Å². The van der Waals surface area contributed by atoms with E-state index in [1.165, 1.54) is 18.3 Å². The zero-order valence-electron chi connectivity index (χ0n) is 10.6. The maximum atomic E-state index is 12.1. The SMILES string of the molecule is O=C(O)Cc1cccnc1-c1ccc(OC(F)(F)F)cc1. The molecule has 4 nitrogen and oxygen atoms in total. The third-order valence-corrected chi connectivity index (χ3v) is 2.59. The fraction of sp³-hybridized carbons (Fsp3) is 0.143. The van der Waals surface area contributed by atoms with Crippen molar-refractivity contribution in [1.82, 2.24) is 4.98 Å². The van der Waals surface area contributed by atoms with Crippen molar-refractivity contribution in [2.45, 2.75) is 12.8 Å². The molecule has 1 heterocycles. The van der Waals surface area contributed by atoms with E-state index in [1.807, 2.05) is 0 Å². The summed E-state index contributed by atoms with van der Waals surface area (Å²) in [5, 5.41) is 8.84. The Kier molecular flexibility index (Phi) is 4.11. The van der Waals surface area contributed by atoms with Gasteiger partial charge in [-0.1, -0.05) is 6.07 Å². The van der Waals surface area contributed by atoms with Crippen LogP contribution in [0.4, 0.5) is 13.2 Å². The first-order valence-electron chi connectivity index (χ1n) is 5.87. The molecule has 2 rings (SSSR count). The van der Waals surface area contributed by atoms with Gasteiger partial charge in [0, 0.05) is 11.8 Å². The Morgan fingerprint density at radius 1 is 1.19 bits per heavy atom. The zero-order valence-corrected chi connectivity index (χ0v) is 10.6. The van der Waals surface area contributed by atoms with Crippen molar-refractivity contribution in [1.29, 1.82) is 0 Å². The molecule has 0 fully saturated rings. The number of aliphatic carboxylic acids is 1. The molecule has 2 aromatic rings. The lowest BCUT2D eigenvalue weighted by Crippen LogP contribution is -2.16. The number of pyridine rings is 1. The molecular formula is C14H10F3NO3. The summed E-state index contributed by atoms with van der Waals surface area (Å²) in [7, 11) is 0. The molecule has 0 radical (unpaired) electrons. The quantitative estimate of drug-likeness (QED) is 0.941. The number of carboxylic acid groups (broad SMARTS) is 1. The number of carbonyl (C=O) groups is 1. The molecule has 0 spiro atoms. The van der Waals surface area contributed by atoms with Crippen LogP contribution in [-0.4, -0.2) is 22.4 Å². The van der Waals surface area contributed by atoms with Gasteiger partial charge in [0.2, 0.25) is 0 Å². The molecule has 0 aliphatic rings. The fourth-order valence-corrected chi connectivity index (χ4v) is 1.82. The van der Waals surface area contributed by atoms with Crippen LogP contribution in [0.25, 0.3) is 11.3 Å². The van der Waals surface area contributed by atoms with E-state index in [1.54, 1.807) is 12.1 Å². The van der Waals surface area contributed by atoms with Gasteiger partial charge in [-0.2, -0.15) is 0 Å². The molecule has 0 aliphatic carbocycles. The van der Waals surface area contributed by atoms with Gasteiger partial charge in [-0.25, -0.2) is 0 Å². The van der Waals surface area contributed by atoms with Crippen molar-refractivity contribution < 1.29 is 27.8 Å². The Bertz CT molecular complexity index is 639. The van der Waals surface area contributed by atoms with Gasteiger partial charge in [0.1, 0.15) is 5.75 Å². The van der Waals surface area contributed by atoms with E-state index in [0.717, 1.165) is 12.1 Å². The van der Waals surface area contributed by atoms with Crippen molar-refractivity contribution in [2.24, 2.45) is 0 Å². The number of ether oxygens (including phenoxy) is 1. The molecule has 21 heavy (non-hydrogen) atoms. The zero-order chi connectivity index (χ0) is 15.5. The van der Waals surface area contributed by atoms with Gasteiger partial charge in [-0.15, -0.1) is 13.2 Å². The van der Waals surface area contributed by atoms with Gasteiger partial charge < -0.3 is 9.84 Å². The number of halogens is 3. The van der Waals surface area contributed by atoms with E-state index in [-0.39, 0.29) is 12.2 Å². The Morgan fingerprint density at radius 3 is 2.43 bits per heavy atom. The summed E-state index contributed by atoms with van der Waals surface area (Å²) in [5.41, 5.74) is 1.41. The van der Waals surface area contributed by atoms with Crippen molar-refractivity contribution in [3.63, 3.8) is 0 Å². The van der Waals surface area contributed by atoms with E-state index in [4.69, 9.17) is 5.11 Å². The number of alkyl halides is 3. The summed E-state index contributed by atoms with van der Waals surface area (Å²) in [6.07, 6.45) is -3.48. The summed E-state index contributed by atoms with van der Waals surface area (Å²) in [6.45, 7) is 0. The van der Waals surface area contributed by atoms with Crippen molar-refractivity contribution in [3.8, 4) is 17.0 Å². The monoisotopic (exact) mass is 297 g/mol. The van der Waals surface area contributed by atoms with E-state index in [9.17, 15) is 18.0 Å². The molecule has 0 saturated heterocycles. The van der Waals surface area contributed by atoms with Crippen molar-refractivity contribution >= 4 is 5.97 Å². The Hall–Kier alpha value is -2.57. The second-order valence-electron chi connectivity index (χ2n) is 4.15. The molecule has 0 amide bonds. The summed E-state index contributed by atoms with van der Waals surface area (Å²) in [4.78, 5) is 14.9. The molecule has 0 saturated carbocycles. The number of hydrogen-bond donors (Lipinski definition) is 1. The Morgan fingerprint density at radius 2 is 1.86 bits per heavy atom. The van der Waals surface area contributed by atoms with Crippen LogP contribution in [0.1, 0.15) is 5.56 Å². The third-order valence-electron chi connectivity index (χ3n) is 2.59. The first-order valence-corrected chi connectivity index (χ1v) is 5.87. The highest BCUT2D eigenvalue weighted by molar-refractivity contribution is 5.75. The number of nitrogens with zero attached hydrogens (tertiary/aromatic N) is 1. The average Bonchev–Trinajstić information content (AvgIpc) is 2.38. The molecule has 0 unspecified atom stereocenters. The minimum absolute atomic E-state index is 0.218. The molecule has 1 aromatic carbocycles. The van der Waals surface area contributed by atoms with Gasteiger partial charge in [-0.3, -0.25) is 9.78 Å². The lowest BCUT2D eigenvalue weighted by atomic mass is 10.0. The normalized spacial score (nSPS) is 11.2. The number of benzene rings is 1. The molecule has 0 bridgehead atoms. The number of rotatable bonds is 4. The van der Waals surface area contributed by atoms with Crippen molar-refractivity contribution in [3.05, 3.63) is 48.2 Å². The molecule has 0 atom stereocenters. The van der Waals surface area contributed by atoms with Crippen LogP contribution in [0, 0.1) is 0 Å². The smallest absolute Gasteiger partial charge is 0.481 e. The first kappa shape index (κ1) is 14.8. The third kappa shape index (κ3) is 4.20. The molecule has 1 N–H and O–H groups in total. The Labute approximate surface area is 117 Å². The maximum Gasteiger partial charge on any atom is 0.573 e. The fourth-order valence-electron chi connectivity index (χ4n) is 1.82. The number of aromatic nitrogens is 1. The molecule has 1 aromatic heterocycles. The van der Waals surface area contributed by atoms with Gasteiger partial charge in [0.25, 0.3) is 0 Å². The first-order chi connectivity index (χ1) is 9.85. The summed E-state index contributed by atoms with van der Waals surface area (Å²) >= 11 is 0. The van der Waals surface area contributed by atoms with Crippen LogP contribution >= 0.6 is 0 Å². The van der Waals surface area contributed by atoms with Crippen LogP contribution in [-0.2, 0) is 11.2 Å². The largest absolute Gasteiger partial charge is 0.573 e. The van der Waals surface area contributed by atoms with E-state index < -0.39 is 12.3 Å². The topological polar surface area (TPSA) is 59.4 Å². The average molecular weight is 297 g/mol. The van der Waals surface area contributed by atoms with Crippen LogP contribution in [0.5, 0.6) is 5.75 Å². The predicted molar refractivity (Wildman–Crippen MR) is 67.7 cm³/mol. The minimum atomic E-state index is -4.75. The Balaban J connectivity index is 2.29. The second kappa shape index (κ2) is 5.82. The summed E-state index contributed by atoms with van der Waals surface area (Å²) < 4.78 is 40.0. The molecule has 110 valence electrons. The van der Waals surface area contributed by atoms with Gasteiger partial charge in [0.05, 0.1) is 12.1 Å². The van der Waals surface area contributed by atoms with E-state index in [2.05, 4.69) is 9.72 Å². The molecule has 7 heteroatoms. The standard InChI is InChI=1S/C14H10F3NO3/c15-14(16,17)21-11-5-3-9(4-6-11)13-10(8-12(19)20)2-1-7-18-13/h1-7H,8H2,(H,19,20). The number of hydrogen-bond acceptors (Lipinski definition) is 3. The minimum Gasteiger partial charge on any atom is -0.481 e. The van der Waals surface area contributed by atoms with Gasteiger partial charge in [0.15, 0.2) is 0 Å². The van der Waals surface area contributed by atoms with Gasteiger partial charge in [-0.05, 0) is 35.9 Å². The number of carboxylic acids is 1. The summed E-state index contributed by atoms with van der Waals surface area (Å²) in [5.74, 6) is -1.36. The molecule has 0 aliphatic heterocycles. The van der Waals surface area contributed by atoms with Crippen LogP contribution in [0.15, 0.2) is 42.6 Å². The van der Waals surface area contributed by atoms with E-state index >= 15 is 0 Å². The highest BCUT2D eigenvalue weighted by Crippen LogP contribution is 2.27.